The van der Waals surface area contributed by atoms with Crippen LogP contribution in [0.25, 0.3) is 0 Å². The van der Waals surface area contributed by atoms with Crippen molar-refractivity contribution < 1.29 is 9.47 Å². The zero-order valence-corrected chi connectivity index (χ0v) is 12.8. The average molecular weight is 278 g/mol. The Morgan fingerprint density at radius 1 is 1.40 bits per heavy atom. The molecule has 4 nitrogen and oxygen atoms in total. The topological polar surface area (TPSA) is 47.7 Å². The Hall–Kier alpha value is -1.10. The Kier molecular flexibility index (Phi) is 5.02. The van der Waals surface area contributed by atoms with Gasteiger partial charge in [-0.3, -0.25) is 4.90 Å². The molecule has 112 valence electrons. The van der Waals surface area contributed by atoms with Crippen molar-refractivity contribution in [2.45, 2.75) is 25.9 Å². The van der Waals surface area contributed by atoms with Gasteiger partial charge in [-0.1, -0.05) is 32.0 Å². The van der Waals surface area contributed by atoms with Gasteiger partial charge in [0.2, 0.25) is 0 Å². The molecule has 0 saturated heterocycles. The Bertz CT molecular complexity index is 436. The first-order valence-corrected chi connectivity index (χ1v) is 7.29. The van der Waals surface area contributed by atoms with E-state index >= 15 is 0 Å². The number of nitrogens with zero attached hydrogens (tertiary/aromatic N) is 1. The second kappa shape index (κ2) is 6.57. The number of ether oxygens (including phenoxy) is 2. The molecule has 0 aliphatic carbocycles. The summed E-state index contributed by atoms with van der Waals surface area (Å²) in [6, 6.07) is 8.24. The summed E-state index contributed by atoms with van der Waals surface area (Å²) in [5.41, 5.74) is 7.21. The fraction of sp³-hybridized carbons (Fsp3) is 0.625. The molecule has 1 aromatic rings. The van der Waals surface area contributed by atoms with E-state index in [4.69, 9.17) is 15.2 Å². The predicted octanol–water partition coefficient (Wildman–Crippen LogP) is 1.88. The summed E-state index contributed by atoms with van der Waals surface area (Å²) in [5, 5.41) is 0. The summed E-state index contributed by atoms with van der Waals surface area (Å²) in [6.45, 7) is 8.06. The number of para-hydroxylation sites is 1. The van der Waals surface area contributed by atoms with E-state index in [1.165, 1.54) is 5.56 Å². The van der Waals surface area contributed by atoms with Gasteiger partial charge in [0.05, 0.1) is 12.1 Å². The van der Waals surface area contributed by atoms with Crippen LogP contribution in [0.4, 0.5) is 0 Å². The molecule has 1 unspecified atom stereocenters. The Labute approximate surface area is 121 Å². The van der Waals surface area contributed by atoms with E-state index in [1.807, 2.05) is 12.1 Å². The molecule has 0 aromatic heterocycles. The molecule has 20 heavy (non-hydrogen) atoms. The molecule has 1 heterocycles. The van der Waals surface area contributed by atoms with Gasteiger partial charge < -0.3 is 15.2 Å². The SMILES string of the molecule is COCC(CN)(C(C)C)N1CCOc2ccccc2C1. The lowest BCUT2D eigenvalue weighted by Crippen LogP contribution is -2.60. The molecule has 4 heteroatoms. The summed E-state index contributed by atoms with van der Waals surface area (Å²) in [7, 11) is 1.75. The monoisotopic (exact) mass is 278 g/mol. The maximum atomic E-state index is 6.13. The lowest BCUT2D eigenvalue weighted by Gasteiger charge is -2.45. The molecule has 0 bridgehead atoms. The minimum Gasteiger partial charge on any atom is -0.492 e. The molecule has 1 aliphatic rings. The molecule has 0 amide bonds. The number of methoxy groups -OCH3 is 1. The van der Waals surface area contributed by atoms with Crippen LogP contribution < -0.4 is 10.5 Å². The van der Waals surface area contributed by atoms with E-state index < -0.39 is 0 Å². The molecule has 0 spiro atoms. The van der Waals surface area contributed by atoms with E-state index in [9.17, 15) is 0 Å². The molecule has 1 aliphatic heterocycles. The van der Waals surface area contributed by atoms with Gasteiger partial charge in [-0.2, -0.15) is 0 Å². The van der Waals surface area contributed by atoms with Gasteiger partial charge in [-0.25, -0.2) is 0 Å². The second-order valence-electron chi connectivity index (χ2n) is 5.77. The first kappa shape index (κ1) is 15.3. The van der Waals surface area contributed by atoms with E-state index in [1.54, 1.807) is 7.11 Å². The van der Waals surface area contributed by atoms with Crippen molar-refractivity contribution in [3.8, 4) is 5.75 Å². The highest BCUT2D eigenvalue weighted by molar-refractivity contribution is 5.34. The normalized spacial score (nSPS) is 19.1. The third-order valence-electron chi connectivity index (χ3n) is 4.40. The fourth-order valence-corrected chi connectivity index (χ4v) is 3.00. The average Bonchev–Trinajstić information content (AvgIpc) is 2.66. The maximum absolute atomic E-state index is 6.13. The second-order valence-corrected chi connectivity index (χ2v) is 5.77. The minimum absolute atomic E-state index is 0.143. The Morgan fingerprint density at radius 3 is 2.80 bits per heavy atom. The van der Waals surface area contributed by atoms with Crippen molar-refractivity contribution in [3.05, 3.63) is 29.8 Å². The minimum atomic E-state index is -0.143. The van der Waals surface area contributed by atoms with Crippen LogP contribution in [0.15, 0.2) is 24.3 Å². The summed E-state index contributed by atoms with van der Waals surface area (Å²) in [4.78, 5) is 2.42. The first-order chi connectivity index (χ1) is 9.64. The van der Waals surface area contributed by atoms with Crippen LogP contribution in [-0.2, 0) is 11.3 Å². The highest BCUT2D eigenvalue weighted by Crippen LogP contribution is 2.31. The molecule has 0 saturated carbocycles. The van der Waals surface area contributed by atoms with Crippen molar-refractivity contribution in [2.24, 2.45) is 11.7 Å². The van der Waals surface area contributed by atoms with Crippen molar-refractivity contribution in [1.29, 1.82) is 0 Å². The third-order valence-corrected chi connectivity index (χ3v) is 4.40. The number of benzene rings is 1. The lowest BCUT2D eigenvalue weighted by atomic mass is 9.84. The molecule has 2 rings (SSSR count). The zero-order valence-electron chi connectivity index (χ0n) is 12.8. The third kappa shape index (κ3) is 2.82. The summed E-state index contributed by atoms with van der Waals surface area (Å²) >= 11 is 0. The number of hydrogen-bond donors (Lipinski definition) is 1. The van der Waals surface area contributed by atoms with Crippen molar-refractivity contribution in [2.75, 3.05) is 33.4 Å². The van der Waals surface area contributed by atoms with Gasteiger partial charge in [-0.15, -0.1) is 0 Å². The zero-order chi connectivity index (χ0) is 14.6. The number of hydrogen-bond acceptors (Lipinski definition) is 4. The van der Waals surface area contributed by atoms with Crippen LogP contribution in [0.1, 0.15) is 19.4 Å². The van der Waals surface area contributed by atoms with E-state index in [0.29, 0.717) is 25.7 Å². The Morgan fingerprint density at radius 2 is 2.15 bits per heavy atom. The van der Waals surface area contributed by atoms with Gasteiger partial charge >= 0.3 is 0 Å². The van der Waals surface area contributed by atoms with Crippen molar-refractivity contribution in [1.82, 2.24) is 4.90 Å². The molecular formula is C16H26N2O2. The van der Waals surface area contributed by atoms with Crippen LogP contribution in [0.2, 0.25) is 0 Å². The van der Waals surface area contributed by atoms with E-state index in [0.717, 1.165) is 18.8 Å². The van der Waals surface area contributed by atoms with Gasteiger partial charge in [0, 0.05) is 32.3 Å². The van der Waals surface area contributed by atoms with Crippen molar-refractivity contribution >= 4 is 0 Å². The van der Waals surface area contributed by atoms with Crippen molar-refractivity contribution in [3.63, 3.8) is 0 Å². The number of nitrogens with two attached hydrogens (primary N) is 1. The molecule has 0 radical (unpaired) electrons. The first-order valence-electron chi connectivity index (χ1n) is 7.29. The number of rotatable bonds is 5. The van der Waals surface area contributed by atoms with Crippen LogP contribution in [0.3, 0.4) is 0 Å². The summed E-state index contributed by atoms with van der Waals surface area (Å²) in [5.74, 6) is 1.40. The van der Waals surface area contributed by atoms with Gasteiger partial charge in [0.1, 0.15) is 12.4 Å². The molecule has 0 fully saturated rings. The molecule has 2 N–H and O–H groups in total. The van der Waals surface area contributed by atoms with Gasteiger partial charge in [0.15, 0.2) is 0 Å². The van der Waals surface area contributed by atoms with Gasteiger partial charge in [-0.05, 0) is 12.0 Å². The highest BCUT2D eigenvalue weighted by Gasteiger charge is 2.39. The van der Waals surface area contributed by atoms with Crippen LogP contribution in [0.5, 0.6) is 5.75 Å². The van der Waals surface area contributed by atoms with E-state index in [-0.39, 0.29) is 5.54 Å². The predicted molar refractivity (Wildman–Crippen MR) is 80.8 cm³/mol. The van der Waals surface area contributed by atoms with Crippen LogP contribution in [-0.4, -0.2) is 43.9 Å². The summed E-state index contributed by atoms with van der Waals surface area (Å²) in [6.07, 6.45) is 0. The summed E-state index contributed by atoms with van der Waals surface area (Å²) < 4.78 is 11.3. The number of fused-ring (bicyclic) bond motifs is 1. The van der Waals surface area contributed by atoms with Crippen LogP contribution in [0, 0.1) is 5.92 Å². The highest BCUT2D eigenvalue weighted by atomic mass is 16.5. The smallest absolute Gasteiger partial charge is 0.123 e. The standard InChI is InChI=1S/C16H26N2O2/c1-13(2)16(11-17,12-19-3)18-8-9-20-15-7-5-4-6-14(15)10-18/h4-7,13H,8-12,17H2,1-3H3. The maximum Gasteiger partial charge on any atom is 0.123 e. The fourth-order valence-electron chi connectivity index (χ4n) is 3.00. The largest absolute Gasteiger partial charge is 0.492 e. The van der Waals surface area contributed by atoms with E-state index in [2.05, 4.69) is 30.9 Å². The van der Waals surface area contributed by atoms with Crippen LogP contribution >= 0.6 is 0 Å². The molecular weight excluding hydrogens is 252 g/mol. The molecule has 1 aromatic carbocycles. The van der Waals surface area contributed by atoms with Gasteiger partial charge in [0.25, 0.3) is 0 Å². The Balaban J connectivity index is 2.30. The molecule has 1 atom stereocenters. The quantitative estimate of drug-likeness (QED) is 0.893. The lowest BCUT2D eigenvalue weighted by molar-refractivity contribution is -0.0231.